The Kier molecular flexibility index (Phi) is 4.34. The van der Waals surface area contributed by atoms with E-state index in [4.69, 9.17) is 14.2 Å². The third-order valence-corrected chi connectivity index (χ3v) is 5.98. The maximum atomic E-state index is 5.37. The van der Waals surface area contributed by atoms with E-state index in [9.17, 15) is 0 Å². The Morgan fingerprint density at radius 3 is 2.66 bits per heavy atom. The zero-order valence-electron chi connectivity index (χ0n) is 17.0. The van der Waals surface area contributed by atoms with E-state index in [1.54, 1.807) is 7.11 Å². The first-order valence-electron chi connectivity index (χ1n) is 10.1. The molecular formula is C23H24N4O2. The average molecular weight is 388 g/mol. The Hall–Kier alpha value is -3.15. The fourth-order valence-electron chi connectivity index (χ4n) is 4.21. The molecule has 0 radical (unpaired) electrons. The Morgan fingerprint density at radius 1 is 1.17 bits per heavy atom. The molecular weight excluding hydrogens is 364 g/mol. The Balaban J connectivity index is 1.67. The van der Waals surface area contributed by atoms with Gasteiger partial charge in [-0.2, -0.15) is 0 Å². The predicted octanol–water partition coefficient (Wildman–Crippen LogP) is 5.04. The second kappa shape index (κ2) is 7.03. The molecule has 0 amide bonds. The molecule has 4 heterocycles. The van der Waals surface area contributed by atoms with Gasteiger partial charge in [-0.3, -0.25) is 4.98 Å². The number of aromatic nitrogens is 4. The highest BCUT2D eigenvalue weighted by Crippen LogP contribution is 2.35. The molecule has 6 nitrogen and oxygen atoms in total. The lowest BCUT2D eigenvalue weighted by atomic mass is 9.81. The third kappa shape index (κ3) is 3.09. The molecule has 1 saturated carbocycles. The van der Waals surface area contributed by atoms with Crippen LogP contribution in [0.2, 0.25) is 0 Å². The fraction of sp³-hybridized carbons (Fsp3) is 0.348. The molecule has 1 fully saturated rings. The molecule has 0 spiro atoms. The van der Waals surface area contributed by atoms with Gasteiger partial charge in [0.05, 0.1) is 35.7 Å². The predicted molar refractivity (Wildman–Crippen MR) is 111 cm³/mol. The zero-order valence-corrected chi connectivity index (χ0v) is 17.0. The molecule has 29 heavy (non-hydrogen) atoms. The first-order valence-corrected chi connectivity index (χ1v) is 10.1. The number of fused-ring (bicyclic) bond motifs is 1. The highest BCUT2D eigenvalue weighted by Gasteiger charge is 2.22. The number of nitrogens with zero attached hydrogens (tertiary/aromatic N) is 4. The smallest absolute Gasteiger partial charge is 0.213 e. The summed E-state index contributed by atoms with van der Waals surface area (Å²) in [7, 11) is 1.63. The molecule has 1 aliphatic rings. The average Bonchev–Trinajstić information content (AvgIpc) is 3.24. The second-order valence-electron chi connectivity index (χ2n) is 7.88. The topological polar surface area (TPSA) is 66.0 Å². The third-order valence-electron chi connectivity index (χ3n) is 5.98. The number of hydrogen-bond donors (Lipinski definition) is 0. The molecule has 0 atom stereocenters. The van der Waals surface area contributed by atoms with Crippen molar-refractivity contribution in [2.24, 2.45) is 5.92 Å². The van der Waals surface area contributed by atoms with Crippen molar-refractivity contribution in [3.05, 3.63) is 53.8 Å². The second-order valence-corrected chi connectivity index (χ2v) is 7.88. The summed E-state index contributed by atoms with van der Waals surface area (Å²) >= 11 is 0. The van der Waals surface area contributed by atoms with Gasteiger partial charge in [-0.1, -0.05) is 24.4 Å². The van der Waals surface area contributed by atoms with Crippen molar-refractivity contribution in [2.45, 2.75) is 39.5 Å². The molecule has 4 aromatic rings. The van der Waals surface area contributed by atoms with Crippen LogP contribution >= 0.6 is 0 Å². The molecule has 0 N–H and O–H groups in total. The maximum absolute atomic E-state index is 5.37. The van der Waals surface area contributed by atoms with Gasteiger partial charge in [-0.15, -0.1) is 0 Å². The van der Waals surface area contributed by atoms with E-state index in [2.05, 4.69) is 27.0 Å². The van der Waals surface area contributed by atoms with Crippen LogP contribution in [0, 0.1) is 19.8 Å². The van der Waals surface area contributed by atoms with Gasteiger partial charge in [0.1, 0.15) is 5.76 Å². The molecule has 0 bridgehead atoms. The van der Waals surface area contributed by atoms with Crippen LogP contribution < -0.4 is 4.74 Å². The number of methoxy groups -OCH3 is 1. The lowest BCUT2D eigenvalue weighted by Crippen LogP contribution is -2.13. The monoisotopic (exact) mass is 388 g/mol. The van der Waals surface area contributed by atoms with E-state index in [1.165, 1.54) is 24.8 Å². The summed E-state index contributed by atoms with van der Waals surface area (Å²) in [6, 6.07) is 6.10. The van der Waals surface area contributed by atoms with E-state index >= 15 is 0 Å². The number of hydrogen-bond acceptors (Lipinski definition) is 5. The van der Waals surface area contributed by atoms with Gasteiger partial charge in [0.2, 0.25) is 5.88 Å². The summed E-state index contributed by atoms with van der Waals surface area (Å²) < 4.78 is 12.8. The van der Waals surface area contributed by atoms with Crippen molar-refractivity contribution in [2.75, 3.05) is 7.11 Å². The molecule has 4 aromatic heterocycles. The van der Waals surface area contributed by atoms with Crippen LogP contribution in [0.4, 0.5) is 0 Å². The molecule has 6 heteroatoms. The quantitative estimate of drug-likeness (QED) is 0.479. The van der Waals surface area contributed by atoms with Crippen molar-refractivity contribution in [1.82, 2.24) is 19.7 Å². The van der Waals surface area contributed by atoms with Crippen LogP contribution in [-0.2, 0) is 6.42 Å². The Bertz CT molecular complexity index is 1150. The SMILES string of the molecule is COc1ccc(-n2cc(CC3CCC3)c3ncc(-c4c(C)noc4C)cc32)cn1. The van der Waals surface area contributed by atoms with Crippen LogP contribution in [-0.4, -0.2) is 26.8 Å². The first kappa shape index (κ1) is 17.9. The summed E-state index contributed by atoms with van der Waals surface area (Å²) in [6.45, 7) is 3.90. The van der Waals surface area contributed by atoms with Crippen molar-refractivity contribution in [3.63, 3.8) is 0 Å². The molecule has 0 unspecified atom stereocenters. The van der Waals surface area contributed by atoms with Crippen LogP contribution in [0.25, 0.3) is 27.8 Å². The first-order chi connectivity index (χ1) is 14.1. The summed E-state index contributed by atoms with van der Waals surface area (Å²) in [6.07, 6.45) is 11.0. The van der Waals surface area contributed by atoms with Gasteiger partial charge < -0.3 is 13.8 Å². The van der Waals surface area contributed by atoms with Gasteiger partial charge in [-0.25, -0.2) is 4.98 Å². The number of pyridine rings is 2. The van der Waals surface area contributed by atoms with E-state index in [0.717, 1.165) is 51.6 Å². The Morgan fingerprint density at radius 2 is 2.03 bits per heavy atom. The molecule has 0 aromatic carbocycles. The number of ether oxygens (including phenoxy) is 1. The Labute approximate surface area is 169 Å². The fourth-order valence-corrected chi connectivity index (χ4v) is 4.21. The van der Waals surface area contributed by atoms with Gasteiger partial charge in [0.15, 0.2) is 0 Å². The summed E-state index contributed by atoms with van der Waals surface area (Å²) in [5.74, 6) is 2.18. The van der Waals surface area contributed by atoms with Crippen LogP contribution in [0.1, 0.15) is 36.3 Å². The van der Waals surface area contributed by atoms with E-state index in [-0.39, 0.29) is 0 Å². The van der Waals surface area contributed by atoms with E-state index in [1.807, 2.05) is 38.4 Å². The maximum Gasteiger partial charge on any atom is 0.213 e. The van der Waals surface area contributed by atoms with E-state index < -0.39 is 0 Å². The zero-order chi connectivity index (χ0) is 20.0. The van der Waals surface area contributed by atoms with Crippen molar-refractivity contribution in [3.8, 4) is 22.7 Å². The molecule has 0 aliphatic heterocycles. The van der Waals surface area contributed by atoms with Gasteiger partial charge in [-0.05, 0) is 43.9 Å². The molecule has 5 rings (SSSR count). The minimum absolute atomic E-state index is 0.606. The van der Waals surface area contributed by atoms with Gasteiger partial charge in [0.25, 0.3) is 0 Å². The normalized spacial score (nSPS) is 14.3. The number of aryl methyl sites for hydroxylation is 2. The van der Waals surface area contributed by atoms with E-state index in [0.29, 0.717) is 5.88 Å². The lowest BCUT2D eigenvalue weighted by molar-refractivity contribution is 0.315. The molecule has 0 saturated heterocycles. The van der Waals surface area contributed by atoms with Crippen molar-refractivity contribution in [1.29, 1.82) is 0 Å². The van der Waals surface area contributed by atoms with Crippen LogP contribution in [0.15, 0.2) is 41.3 Å². The summed E-state index contributed by atoms with van der Waals surface area (Å²) in [5.41, 5.74) is 7.33. The van der Waals surface area contributed by atoms with Gasteiger partial charge >= 0.3 is 0 Å². The van der Waals surface area contributed by atoms with Crippen LogP contribution in [0.5, 0.6) is 5.88 Å². The highest BCUT2D eigenvalue weighted by molar-refractivity contribution is 5.86. The minimum atomic E-state index is 0.606. The molecule has 148 valence electrons. The lowest BCUT2D eigenvalue weighted by Gasteiger charge is -2.24. The highest BCUT2D eigenvalue weighted by atomic mass is 16.5. The van der Waals surface area contributed by atoms with Crippen LogP contribution in [0.3, 0.4) is 0 Å². The number of rotatable bonds is 5. The molecule has 1 aliphatic carbocycles. The summed E-state index contributed by atoms with van der Waals surface area (Å²) in [4.78, 5) is 9.27. The standard InChI is InChI=1S/C23H24N4O2/c1-14-22(15(2)29-26-14)17-10-20-23(25-11-17)18(9-16-5-4-6-16)13-27(20)19-7-8-21(28-3)24-12-19/h7-8,10-13,16H,4-6,9H2,1-3H3. The van der Waals surface area contributed by atoms with Crippen molar-refractivity contribution >= 4 is 11.0 Å². The summed E-state index contributed by atoms with van der Waals surface area (Å²) in [5, 5.41) is 4.10. The largest absolute Gasteiger partial charge is 0.481 e. The minimum Gasteiger partial charge on any atom is -0.481 e. The van der Waals surface area contributed by atoms with Gasteiger partial charge in [0, 0.05) is 29.6 Å². The van der Waals surface area contributed by atoms with Crippen molar-refractivity contribution < 1.29 is 9.26 Å².